The lowest BCUT2D eigenvalue weighted by atomic mass is 10.2. The van der Waals surface area contributed by atoms with Crippen LogP contribution in [-0.2, 0) is 6.54 Å². The maximum absolute atomic E-state index is 13.3. The summed E-state index contributed by atoms with van der Waals surface area (Å²) >= 11 is 0. The number of nitrogens with two attached hydrogens (primary N) is 1. The molecule has 0 unspecified atom stereocenters. The van der Waals surface area contributed by atoms with Crippen LogP contribution in [0.2, 0.25) is 0 Å². The van der Waals surface area contributed by atoms with Crippen molar-refractivity contribution >= 4 is 17.5 Å². The molecular weight excluding hydrogens is 351 g/mol. The van der Waals surface area contributed by atoms with Crippen LogP contribution in [0.25, 0.3) is 17.2 Å². The summed E-state index contributed by atoms with van der Waals surface area (Å²) in [4.78, 5) is 22.6. The van der Waals surface area contributed by atoms with Crippen LogP contribution in [0.5, 0.6) is 0 Å². The second-order valence-corrected chi connectivity index (χ2v) is 5.97. The largest absolute Gasteiger partial charge is 0.461 e. The fraction of sp³-hybridized carbons (Fsp3) is 0.111. The summed E-state index contributed by atoms with van der Waals surface area (Å²) in [6.45, 7) is 0.230. The summed E-state index contributed by atoms with van der Waals surface area (Å²) < 4.78 is 19.9. The van der Waals surface area contributed by atoms with Crippen LogP contribution < -0.4 is 5.73 Å². The lowest BCUT2D eigenvalue weighted by molar-refractivity contribution is 0.0779. The van der Waals surface area contributed by atoms with E-state index < -0.39 is 0 Å². The molecule has 0 saturated carbocycles. The molecule has 0 aliphatic carbocycles. The van der Waals surface area contributed by atoms with Crippen LogP contribution in [0.4, 0.5) is 10.3 Å². The predicted octanol–water partition coefficient (Wildman–Crippen LogP) is 2.38. The summed E-state index contributed by atoms with van der Waals surface area (Å²) in [6.07, 6.45) is 1.51. The van der Waals surface area contributed by atoms with E-state index >= 15 is 0 Å². The molecule has 4 aromatic rings. The molecule has 0 bridgehead atoms. The molecule has 0 radical (unpaired) electrons. The molecule has 4 rings (SSSR count). The molecule has 0 saturated heterocycles. The number of anilines is 1. The van der Waals surface area contributed by atoms with Crippen LogP contribution in [0.3, 0.4) is 0 Å². The van der Waals surface area contributed by atoms with Gasteiger partial charge in [0.05, 0.1) is 6.26 Å². The van der Waals surface area contributed by atoms with Crippen molar-refractivity contribution in [3.8, 4) is 11.6 Å². The number of carbonyl (C=O) groups excluding carboxylic acids is 1. The molecule has 3 heterocycles. The topological polar surface area (TPSA) is 103 Å². The number of hydrogen-bond donors (Lipinski definition) is 1. The second-order valence-electron chi connectivity index (χ2n) is 5.97. The highest BCUT2D eigenvalue weighted by Crippen LogP contribution is 2.19. The Morgan fingerprint density at radius 1 is 1.26 bits per heavy atom. The van der Waals surface area contributed by atoms with Gasteiger partial charge in [-0.3, -0.25) is 4.79 Å². The monoisotopic (exact) mass is 366 g/mol. The number of rotatable bonds is 4. The highest BCUT2D eigenvalue weighted by Gasteiger charge is 2.18. The number of benzene rings is 1. The summed E-state index contributed by atoms with van der Waals surface area (Å²) in [6, 6.07) is 11.0. The molecular formula is C18H15FN6O2. The maximum Gasteiger partial charge on any atom is 0.272 e. The third kappa shape index (κ3) is 3.22. The minimum Gasteiger partial charge on any atom is -0.461 e. The fourth-order valence-electron chi connectivity index (χ4n) is 2.71. The molecule has 0 fully saturated rings. The number of nitrogen functional groups attached to an aromatic ring is 1. The zero-order valence-corrected chi connectivity index (χ0v) is 14.3. The summed E-state index contributed by atoms with van der Waals surface area (Å²) in [5.41, 5.74) is 7.10. The van der Waals surface area contributed by atoms with Gasteiger partial charge in [0.25, 0.3) is 5.91 Å². The van der Waals surface area contributed by atoms with Gasteiger partial charge in [-0.2, -0.15) is 4.52 Å². The van der Waals surface area contributed by atoms with Crippen LogP contribution >= 0.6 is 0 Å². The van der Waals surface area contributed by atoms with Gasteiger partial charge in [0.2, 0.25) is 11.8 Å². The van der Waals surface area contributed by atoms with E-state index in [9.17, 15) is 9.18 Å². The standard InChI is InChI=1S/C18H15FN6O2/c1-24(10-11-4-2-5-12(19)8-11)17(26)13-9-15-22-16(14-6-3-7-27-14)23-25(15)18(20)21-13/h2-9H,10H2,1H3,(H2,20,21). The molecule has 0 aliphatic rings. The van der Waals surface area contributed by atoms with Crippen molar-refractivity contribution in [2.75, 3.05) is 12.8 Å². The smallest absolute Gasteiger partial charge is 0.272 e. The van der Waals surface area contributed by atoms with E-state index in [1.807, 2.05) is 0 Å². The van der Waals surface area contributed by atoms with Gasteiger partial charge in [0.1, 0.15) is 11.5 Å². The Labute approximate surface area is 153 Å². The van der Waals surface area contributed by atoms with Crippen molar-refractivity contribution in [1.82, 2.24) is 24.5 Å². The third-order valence-corrected chi connectivity index (χ3v) is 3.97. The van der Waals surface area contributed by atoms with Crippen molar-refractivity contribution in [2.45, 2.75) is 6.54 Å². The molecule has 2 N–H and O–H groups in total. The normalized spacial score (nSPS) is 11.0. The van der Waals surface area contributed by atoms with Crippen molar-refractivity contribution < 1.29 is 13.6 Å². The molecule has 3 aromatic heterocycles. The van der Waals surface area contributed by atoms with E-state index in [4.69, 9.17) is 10.2 Å². The number of carbonyl (C=O) groups is 1. The molecule has 136 valence electrons. The predicted molar refractivity (Wildman–Crippen MR) is 95.1 cm³/mol. The number of halogens is 1. The molecule has 0 spiro atoms. The Hall–Kier alpha value is -3.75. The highest BCUT2D eigenvalue weighted by molar-refractivity contribution is 5.93. The first kappa shape index (κ1) is 16.7. The zero-order chi connectivity index (χ0) is 19.0. The van der Waals surface area contributed by atoms with Gasteiger partial charge in [-0.05, 0) is 29.8 Å². The van der Waals surface area contributed by atoms with Crippen LogP contribution in [0, 0.1) is 5.82 Å². The number of aromatic nitrogens is 4. The first-order valence-corrected chi connectivity index (χ1v) is 8.08. The molecule has 0 atom stereocenters. The SMILES string of the molecule is CN(Cc1cccc(F)c1)C(=O)c1cc2nc(-c3ccco3)nn2c(N)n1. The van der Waals surface area contributed by atoms with Gasteiger partial charge in [-0.1, -0.05) is 12.1 Å². The van der Waals surface area contributed by atoms with Crippen molar-refractivity contribution in [2.24, 2.45) is 0 Å². The second kappa shape index (κ2) is 6.52. The molecule has 9 heteroatoms. The van der Waals surface area contributed by atoms with E-state index in [0.717, 1.165) is 0 Å². The summed E-state index contributed by atoms with van der Waals surface area (Å²) in [5, 5.41) is 4.24. The van der Waals surface area contributed by atoms with Crippen molar-refractivity contribution in [3.05, 3.63) is 65.8 Å². The minimum atomic E-state index is -0.365. The summed E-state index contributed by atoms with van der Waals surface area (Å²) in [5.74, 6) is 0.128. The van der Waals surface area contributed by atoms with Crippen LogP contribution in [-0.4, -0.2) is 37.4 Å². The van der Waals surface area contributed by atoms with Gasteiger partial charge in [0.15, 0.2) is 11.4 Å². The van der Waals surface area contributed by atoms with Gasteiger partial charge in [0, 0.05) is 19.7 Å². The average Bonchev–Trinajstić information content (AvgIpc) is 3.30. The van der Waals surface area contributed by atoms with E-state index in [0.29, 0.717) is 22.8 Å². The summed E-state index contributed by atoms with van der Waals surface area (Å²) in [7, 11) is 1.60. The zero-order valence-electron chi connectivity index (χ0n) is 14.3. The van der Waals surface area contributed by atoms with Gasteiger partial charge >= 0.3 is 0 Å². The molecule has 8 nitrogen and oxygen atoms in total. The number of hydrogen-bond acceptors (Lipinski definition) is 6. The Morgan fingerprint density at radius 3 is 2.85 bits per heavy atom. The van der Waals surface area contributed by atoms with E-state index in [2.05, 4.69) is 15.1 Å². The van der Waals surface area contributed by atoms with E-state index in [-0.39, 0.29) is 29.9 Å². The first-order chi connectivity index (χ1) is 13.0. The number of furan rings is 1. The lowest BCUT2D eigenvalue weighted by Gasteiger charge is -2.17. The highest BCUT2D eigenvalue weighted by atomic mass is 19.1. The van der Waals surface area contributed by atoms with E-state index in [1.165, 1.54) is 33.9 Å². The number of amides is 1. The van der Waals surface area contributed by atoms with Gasteiger partial charge in [-0.25, -0.2) is 14.4 Å². The Kier molecular flexibility index (Phi) is 4.03. The Morgan fingerprint density at radius 2 is 2.11 bits per heavy atom. The quantitative estimate of drug-likeness (QED) is 0.595. The van der Waals surface area contributed by atoms with Crippen LogP contribution in [0.1, 0.15) is 16.1 Å². The molecule has 0 aliphatic heterocycles. The molecule has 1 amide bonds. The molecule has 1 aromatic carbocycles. The molecule has 27 heavy (non-hydrogen) atoms. The fourth-order valence-corrected chi connectivity index (χ4v) is 2.71. The average molecular weight is 366 g/mol. The Bertz CT molecular complexity index is 1120. The van der Waals surface area contributed by atoms with E-state index in [1.54, 1.807) is 31.3 Å². The van der Waals surface area contributed by atoms with Crippen molar-refractivity contribution in [3.63, 3.8) is 0 Å². The first-order valence-electron chi connectivity index (χ1n) is 8.08. The minimum absolute atomic E-state index is 0.0281. The maximum atomic E-state index is 13.3. The lowest BCUT2D eigenvalue weighted by Crippen LogP contribution is -2.27. The number of nitrogens with zero attached hydrogens (tertiary/aromatic N) is 5. The van der Waals surface area contributed by atoms with Crippen molar-refractivity contribution in [1.29, 1.82) is 0 Å². The Balaban J connectivity index is 1.63. The van der Waals surface area contributed by atoms with Gasteiger partial charge in [-0.15, -0.1) is 5.10 Å². The third-order valence-electron chi connectivity index (χ3n) is 3.97. The van der Waals surface area contributed by atoms with Crippen LogP contribution in [0.15, 0.2) is 53.1 Å². The van der Waals surface area contributed by atoms with Gasteiger partial charge < -0.3 is 15.1 Å². The number of fused-ring (bicyclic) bond motifs is 1.